The molecule has 4 rings (SSSR count). The van der Waals surface area contributed by atoms with Crippen molar-refractivity contribution < 1.29 is 9.53 Å². The monoisotopic (exact) mass is 362 g/mol. The third-order valence-electron chi connectivity index (χ3n) is 5.61. The van der Waals surface area contributed by atoms with E-state index in [1.54, 1.807) is 6.07 Å². The molecular formula is C21H22N4O2. The van der Waals surface area contributed by atoms with Gasteiger partial charge < -0.3 is 15.8 Å². The molecule has 1 amide bonds. The number of nitrogens with zero attached hydrogens (tertiary/aromatic N) is 2. The van der Waals surface area contributed by atoms with Gasteiger partial charge in [0.15, 0.2) is 0 Å². The second-order valence-electron chi connectivity index (χ2n) is 7.17. The number of nitrogen functional groups attached to an aromatic ring is 1. The molecule has 2 heterocycles. The highest BCUT2D eigenvalue weighted by Crippen LogP contribution is 2.45. The zero-order chi connectivity index (χ0) is 18.9. The van der Waals surface area contributed by atoms with Gasteiger partial charge in [0.05, 0.1) is 17.0 Å². The summed E-state index contributed by atoms with van der Waals surface area (Å²) >= 11 is 0. The molecule has 6 heteroatoms. The Morgan fingerprint density at radius 3 is 2.63 bits per heavy atom. The molecule has 2 aromatic carbocycles. The van der Waals surface area contributed by atoms with Crippen molar-refractivity contribution in [3.63, 3.8) is 0 Å². The summed E-state index contributed by atoms with van der Waals surface area (Å²) in [6, 6.07) is 15.0. The average Bonchev–Trinajstić information content (AvgIpc) is 2.96. The minimum atomic E-state index is -0.503. The van der Waals surface area contributed by atoms with Crippen molar-refractivity contribution >= 4 is 17.3 Å². The van der Waals surface area contributed by atoms with Crippen LogP contribution in [0.5, 0.6) is 5.75 Å². The minimum Gasteiger partial charge on any atom is -0.492 e. The molecule has 0 atom stereocenters. The maximum absolute atomic E-state index is 12.7. The van der Waals surface area contributed by atoms with Gasteiger partial charge in [0.2, 0.25) is 5.91 Å². The van der Waals surface area contributed by atoms with E-state index in [1.807, 2.05) is 36.4 Å². The number of benzene rings is 2. The number of ether oxygens (including phenoxy) is 1. The fourth-order valence-electron chi connectivity index (χ4n) is 3.99. The van der Waals surface area contributed by atoms with Crippen LogP contribution in [-0.2, 0) is 10.2 Å². The van der Waals surface area contributed by atoms with Gasteiger partial charge in [0, 0.05) is 17.9 Å². The zero-order valence-corrected chi connectivity index (χ0v) is 15.1. The summed E-state index contributed by atoms with van der Waals surface area (Å²) in [7, 11) is 0. The highest BCUT2D eigenvalue weighted by atomic mass is 16.5. The van der Waals surface area contributed by atoms with Gasteiger partial charge >= 0.3 is 0 Å². The van der Waals surface area contributed by atoms with Gasteiger partial charge in [-0.15, -0.1) is 0 Å². The van der Waals surface area contributed by atoms with E-state index < -0.39 is 5.41 Å². The number of fused-ring (bicyclic) bond motifs is 2. The molecule has 0 bridgehead atoms. The summed E-state index contributed by atoms with van der Waals surface area (Å²) in [5.41, 5.74) is 8.32. The topological polar surface area (TPSA) is 91.4 Å². The number of likely N-dealkylation sites (tertiary alicyclic amines) is 1. The second kappa shape index (κ2) is 6.93. The van der Waals surface area contributed by atoms with Gasteiger partial charge in [0.25, 0.3) is 0 Å². The molecule has 1 fully saturated rings. The van der Waals surface area contributed by atoms with Crippen LogP contribution in [0.3, 0.4) is 0 Å². The number of amides is 1. The van der Waals surface area contributed by atoms with E-state index >= 15 is 0 Å². The van der Waals surface area contributed by atoms with Crippen molar-refractivity contribution in [1.29, 1.82) is 5.26 Å². The third-order valence-corrected chi connectivity index (χ3v) is 5.61. The summed E-state index contributed by atoms with van der Waals surface area (Å²) in [5.74, 6) is 0.871. The van der Waals surface area contributed by atoms with E-state index in [0.29, 0.717) is 12.2 Å². The van der Waals surface area contributed by atoms with Gasteiger partial charge in [-0.3, -0.25) is 9.69 Å². The maximum atomic E-state index is 12.7. The lowest BCUT2D eigenvalue weighted by Crippen LogP contribution is -2.47. The zero-order valence-electron chi connectivity index (χ0n) is 15.1. The molecule has 0 aliphatic carbocycles. The molecule has 138 valence electrons. The summed E-state index contributed by atoms with van der Waals surface area (Å²) < 4.78 is 5.78. The number of rotatable bonds is 4. The highest BCUT2D eigenvalue weighted by molar-refractivity contribution is 6.06. The Balaban J connectivity index is 1.37. The quantitative estimate of drug-likeness (QED) is 0.816. The van der Waals surface area contributed by atoms with Crippen molar-refractivity contribution in [3.8, 4) is 11.8 Å². The molecule has 1 spiro atoms. The number of nitrogens with two attached hydrogens (primary N) is 1. The number of hydrogen-bond donors (Lipinski definition) is 2. The van der Waals surface area contributed by atoms with Crippen molar-refractivity contribution in [3.05, 3.63) is 53.6 Å². The number of nitriles is 1. The predicted molar refractivity (Wildman–Crippen MR) is 103 cm³/mol. The first-order valence-electron chi connectivity index (χ1n) is 9.17. The van der Waals surface area contributed by atoms with E-state index in [0.717, 1.165) is 55.2 Å². The van der Waals surface area contributed by atoms with E-state index in [2.05, 4.69) is 16.3 Å². The van der Waals surface area contributed by atoms with Gasteiger partial charge in [-0.2, -0.15) is 5.26 Å². The molecule has 2 aliphatic heterocycles. The van der Waals surface area contributed by atoms with E-state index in [9.17, 15) is 10.1 Å². The number of carbonyl (C=O) groups is 1. The van der Waals surface area contributed by atoms with Crippen molar-refractivity contribution in [1.82, 2.24) is 4.90 Å². The maximum Gasteiger partial charge on any atom is 0.235 e. The van der Waals surface area contributed by atoms with E-state index in [4.69, 9.17) is 10.5 Å². The van der Waals surface area contributed by atoms with Crippen molar-refractivity contribution in [2.75, 3.05) is 37.3 Å². The molecule has 3 N–H and O–H groups in total. The molecule has 27 heavy (non-hydrogen) atoms. The minimum absolute atomic E-state index is 0.0605. The van der Waals surface area contributed by atoms with Crippen LogP contribution >= 0.6 is 0 Å². The summed E-state index contributed by atoms with van der Waals surface area (Å²) in [4.78, 5) is 15.0. The van der Waals surface area contributed by atoms with Crippen LogP contribution in [-0.4, -0.2) is 37.0 Å². The predicted octanol–water partition coefficient (Wildman–Crippen LogP) is 2.51. The second-order valence-corrected chi connectivity index (χ2v) is 7.17. The SMILES string of the molecule is N#Cc1ccc2c(c1)C1(CCN(CCOc3ccc(N)cc3)CC1)C(=O)N2. The number of carbonyl (C=O) groups excluding carboxylic acids is 1. The van der Waals surface area contributed by atoms with E-state index in [1.165, 1.54) is 0 Å². The first-order valence-corrected chi connectivity index (χ1v) is 9.17. The highest BCUT2D eigenvalue weighted by Gasteiger charge is 2.48. The number of nitrogens with one attached hydrogen (secondary N) is 1. The Hall–Kier alpha value is -3.04. The van der Waals surface area contributed by atoms with Gasteiger partial charge in [-0.1, -0.05) is 0 Å². The number of hydrogen-bond acceptors (Lipinski definition) is 5. The molecular weight excluding hydrogens is 340 g/mol. The molecule has 1 saturated heterocycles. The standard InChI is InChI=1S/C21H22N4O2/c22-14-15-1-6-19-18(13-15)21(20(26)24-19)7-9-25(10-8-21)11-12-27-17-4-2-16(23)3-5-17/h1-6,13H,7-12,23H2,(H,24,26). The molecule has 2 aliphatic rings. The third kappa shape index (κ3) is 3.22. The molecule has 0 aromatic heterocycles. The van der Waals surface area contributed by atoms with Crippen LogP contribution in [0.4, 0.5) is 11.4 Å². The van der Waals surface area contributed by atoms with E-state index in [-0.39, 0.29) is 5.91 Å². The molecule has 0 unspecified atom stereocenters. The van der Waals surface area contributed by atoms with Crippen LogP contribution < -0.4 is 15.8 Å². The summed E-state index contributed by atoms with van der Waals surface area (Å²) in [6.07, 6.45) is 1.51. The van der Waals surface area contributed by atoms with Gasteiger partial charge in [-0.25, -0.2) is 0 Å². The summed E-state index contributed by atoms with van der Waals surface area (Å²) in [5, 5.41) is 12.2. The molecule has 6 nitrogen and oxygen atoms in total. The van der Waals surface area contributed by atoms with Crippen molar-refractivity contribution in [2.45, 2.75) is 18.3 Å². The van der Waals surface area contributed by atoms with Crippen LogP contribution in [0.15, 0.2) is 42.5 Å². The fraction of sp³-hybridized carbons (Fsp3) is 0.333. The lowest BCUT2D eigenvalue weighted by atomic mass is 9.73. The first-order chi connectivity index (χ1) is 13.1. The Labute approximate surface area is 158 Å². The average molecular weight is 362 g/mol. The Bertz CT molecular complexity index is 893. The molecule has 0 saturated carbocycles. The van der Waals surface area contributed by atoms with Crippen LogP contribution in [0.25, 0.3) is 0 Å². The largest absolute Gasteiger partial charge is 0.492 e. The molecule has 2 aromatic rings. The lowest BCUT2D eigenvalue weighted by molar-refractivity contribution is -0.122. The Morgan fingerprint density at radius 1 is 1.19 bits per heavy atom. The Kier molecular flexibility index (Phi) is 4.46. The lowest BCUT2D eigenvalue weighted by Gasteiger charge is -2.37. The van der Waals surface area contributed by atoms with Gasteiger partial charge in [0.1, 0.15) is 12.4 Å². The Morgan fingerprint density at radius 2 is 1.93 bits per heavy atom. The number of anilines is 2. The first kappa shape index (κ1) is 17.4. The van der Waals surface area contributed by atoms with Crippen LogP contribution in [0.2, 0.25) is 0 Å². The van der Waals surface area contributed by atoms with Crippen molar-refractivity contribution in [2.24, 2.45) is 0 Å². The molecule has 0 radical (unpaired) electrons. The number of piperidine rings is 1. The normalized spacial score (nSPS) is 18.0. The van der Waals surface area contributed by atoms with Crippen LogP contribution in [0, 0.1) is 11.3 Å². The smallest absolute Gasteiger partial charge is 0.235 e. The van der Waals surface area contributed by atoms with Gasteiger partial charge in [-0.05, 0) is 74.0 Å². The summed E-state index contributed by atoms with van der Waals surface area (Å²) in [6.45, 7) is 3.06. The fourth-order valence-corrected chi connectivity index (χ4v) is 3.99. The van der Waals surface area contributed by atoms with Crippen LogP contribution in [0.1, 0.15) is 24.0 Å².